The minimum atomic E-state index is -0.166. The van der Waals surface area contributed by atoms with E-state index in [0.29, 0.717) is 22.3 Å². The number of hydrogen-bond acceptors (Lipinski definition) is 3. The Bertz CT molecular complexity index is 646. The van der Waals surface area contributed by atoms with Gasteiger partial charge in [0.15, 0.2) is 0 Å². The maximum Gasteiger partial charge on any atom is 0.234 e. The highest BCUT2D eigenvalue weighted by Gasteiger charge is 2.35. The van der Waals surface area contributed by atoms with Gasteiger partial charge in [0, 0.05) is 21.8 Å². The smallest absolute Gasteiger partial charge is 0.234 e. The van der Waals surface area contributed by atoms with Gasteiger partial charge in [0.05, 0.1) is 18.0 Å². The van der Waals surface area contributed by atoms with Crippen molar-refractivity contribution in [1.82, 2.24) is 9.88 Å². The number of nitrogens with zero attached hydrogens (tertiary/aromatic N) is 2. The number of hydrogen-bond donors (Lipinski definition) is 0. The van der Waals surface area contributed by atoms with Crippen molar-refractivity contribution in [1.29, 1.82) is 0 Å². The first-order valence-corrected chi connectivity index (χ1v) is 8.22. The Balaban J connectivity index is 1.93. The van der Waals surface area contributed by atoms with Crippen LogP contribution in [0.5, 0.6) is 0 Å². The second kappa shape index (κ2) is 6.26. The zero-order valence-corrected chi connectivity index (χ0v) is 13.3. The van der Waals surface area contributed by atoms with Gasteiger partial charge in [-0.05, 0) is 24.3 Å². The van der Waals surface area contributed by atoms with Crippen LogP contribution >= 0.6 is 35.0 Å². The monoisotopic (exact) mass is 338 g/mol. The summed E-state index contributed by atoms with van der Waals surface area (Å²) >= 11 is 14.1. The van der Waals surface area contributed by atoms with Crippen molar-refractivity contribution in [3.63, 3.8) is 0 Å². The fourth-order valence-electron chi connectivity index (χ4n) is 2.28. The normalized spacial score (nSPS) is 18.3. The minimum absolute atomic E-state index is 0.0756. The van der Waals surface area contributed by atoms with E-state index in [1.807, 2.05) is 18.2 Å². The van der Waals surface area contributed by atoms with E-state index < -0.39 is 0 Å². The summed E-state index contributed by atoms with van der Waals surface area (Å²) in [5, 5.41) is 1.00. The standard InChI is InChI=1S/C15H12Cl2N2OS/c16-11-5-3-6-12(17)14(11)15-19(13(20)9-21-15)8-10-4-1-2-7-18-10/h1-7,15H,8-9H2. The Morgan fingerprint density at radius 3 is 2.62 bits per heavy atom. The molecule has 2 aromatic rings. The molecule has 1 saturated heterocycles. The van der Waals surface area contributed by atoms with Crippen LogP contribution < -0.4 is 0 Å². The molecular formula is C15H12Cl2N2OS. The molecule has 3 nitrogen and oxygen atoms in total. The zero-order valence-electron chi connectivity index (χ0n) is 11.0. The molecule has 1 aromatic carbocycles. The van der Waals surface area contributed by atoms with Crippen molar-refractivity contribution in [2.75, 3.05) is 5.75 Å². The number of pyridine rings is 1. The van der Waals surface area contributed by atoms with Gasteiger partial charge in [0.25, 0.3) is 0 Å². The van der Waals surface area contributed by atoms with Crippen LogP contribution in [0.2, 0.25) is 10.0 Å². The van der Waals surface area contributed by atoms with Gasteiger partial charge < -0.3 is 4.90 Å². The summed E-state index contributed by atoms with van der Waals surface area (Å²) in [7, 11) is 0. The second-order valence-electron chi connectivity index (χ2n) is 4.64. The van der Waals surface area contributed by atoms with E-state index in [0.717, 1.165) is 11.3 Å². The van der Waals surface area contributed by atoms with E-state index in [2.05, 4.69) is 4.98 Å². The molecule has 0 saturated carbocycles. The van der Waals surface area contributed by atoms with Gasteiger partial charge in [0.2, 0.25) is 5.91 Å². The van der Waals surface area contributed by atoms with Gasteiger partial charge in [-0.25, -0.2) is 0 Å². The molecule has 0 radical (unpaired) electrons. The first-order chi connectivity index (χ1) is 10.2. The molecule has 1 aromatic heterocycles. The summed E-state index contributed by atoms with van der Waals surface area (Å²) in [6, 6.07) is 11.1. The molecule has 2 heterocycles. The minimum Gasteiger partial charge on any atom is -0.320 e. The summed E-state index contributed by atoms with van der Waals surface area (Å²) in [5.74, 6) is 0.505. The molecule has 6 heteroatoms. The van der Waals surface area contributed by atoms with Crippen LogP contribution in [0, 0.1) is 0 Å². The lowest BCUT2D eigenvalue weighted by molar-refractivity contribution is -0.128. The maximum atomic E-state index is 12.2. The number of rotatable bonds is 3. The third-order valence-electron chi connectivity index (χ3n) is 3.27. The average Bonchev–Trinajstić information content (AvgIpc) is 2.82. The fraction of sp³-hybridized carbons (Fsp3) is 0.200. The summed E-state index contributed by atoms with van der Waals surface area (Å²) in [5.41, 5.74) is 1.65. The Kier molecular flexibility index (Phi) is 4.38. The maximum absolute atomic E-state index is 12.2. The number of carbonyl (C=O) groups excluding carboxylic acids is 1. The highest BCUT2D eigenvalue weighted by molar-refractivity contribution is 8.00. The van der Waals surface area contributed by atoms with Crippen LogP contribution in [0.15, 0.2) is 42.6 Å². The lowest BCUT2D eigenvalue weighted by Gasteiger charge is -2.25. The molecule has 3 rings (SSSR count). The van der Waals surface area contributed by atoms with Crippen LogP contribution in [0.3, 0.4) is 0 Å². The van der Waals surface area contributed by atoms with Crippen LogP contribution in [0.25, 0.3) is 0 Å². The van der Waals surface area contributed by atoms with E-state index >= 15 is 0 Å². The van der Waals surface area contributed by atoms with Crippen LogP contribution in [-0.4, -0.2) is 21.5 Å². The Morgan fingerprint density at radius 2 is 1.95 bits per heavy atom. The van der Waals surface area contributed by atoms with Crippen molar-refractivity contribution < 1.29 is 4.79 Å². The van der Waals surface area contributed by atoms with Crippen molar-refractivity contribution >= 4 is 40.9 Å². The molecule has 21 heavy (non-hydrogen) atoms. The molecule has 0 N–H and O–H groups in total. The SMILES string of the molecule is O=C1CSC(c2c(Cl)cccc2Cl)N1Cc1ccccn1. The molecule has 1 aliphatic rings. The van der Waals surface area contributed by atoms with E-state index in [4.69, 9.17) is 23.2 Å². The first kappa shape index (κ1) is 14.7. The Hall–Kier alpha value is -1.23. The predicted molar refractivity (Wildman–Crippen MR) is 86.4 cm³/mol. The van der Waals surface area contributed by atoms with E-state index in [-0.39, 0.29) is 11.3 Å². The second-order valence-corrected chi connectivity index (χ2v) is 6.52. The third kappa shape index (κ3) is 3.03. The van der Waals surface area contributed by atoms with Gasteiger partial charge in [-0.1, -0.05) is 35.3 Å². The molecule has 1 aliphatic heterocycles. The number of benzene rings is 1. The Morgan fingerprint density at radius 1 is 1.19 bits per heavy atom. The molecule has 108 valence electrons. The molecule has 1 unspecified atom stereocenters. The molecular weight excluding hydrogens is 327 g/mol. The molecule has 0 spiro atoms. The van der Waals surface area contributed by atoms with E-state index in [1.165, 1.54) is 11.8 Å². The largest absolute Gasteiger partial charge is 0.320 e. The van der Waals surface area contributed by atoms with Crippen LogP contribution in [-0.2, 0) is 11.3 Å². The molecule has 0 aliphatic carbocycles. The van der Waals surface area contributed by atoms with E-state index in [9.17, 15) is 4.79 Å². The van der Waals surface area contributed by atoms with E-state index in [1.54, 1.807) is 29.3 Å². The van der Waals surface area contributed by atoms with Gasteiger partial charge in [-0.15, -0.1) is 11.8 Å². The predicted octanol–water partition coefficient (Wildman–Crippen LogP) is 4.16. The van der Waals surface area contributed by atoms with Gasteiger partial charge in [-0.3, -0.25) is 9.78 Å². The van der Waals surface area contributed by atoms with Crippen molar-refractivity contribution in [3.8, 4) is 0 Å². The lowest BCUT2D eigenvalue weighted by atomic mass is 10.2. The number of halogens is 2. The lowest BCUT2D eigenvalue weighted by Crippen LogP contribution is -2.28. The first-order valence-electron chi connectivity index (χ1n) is 6.41. The molecule has 0 bridgehead atoms. The summed E-state index contributed by atoms with van der Waals surface area (Å²) < 4.78 is 0. The topological polar surface area (TPSA) is 33.2 Å². The number of carbonyl (C=O) groups is 1. The third-order valence-corrected chi connectivity index (χ3v) is 5.15. The quantitative estimate of drug-likeness (QED) is 0.842. The highest BCUT2D eigenvalue weighted by Crippen LogP contribution is 2.44. The Labute approximate surface area is 137 Å². The number of aromatic nitrogens is 1. The number of thioether (sulfide) groups is 1. The van der Waals surface area contributed by atoms with Crippen LogP contribution in [0.4, 0.5) is 0 Å². The molecule has 1 amide bonds. The van der Waals surface area contributed by atoms with Crippen molar-refractivity contribution in [2.24, 2.45) is 0 Å². The molecule has 1 atom stereocenters. The number of amides is 1. The van der Waals surface area contributed by atoms with Gasteiger partial charge in [-0.2, -0.15) is 0 Å². The van der Waals surface area contributed by atoms with Crippen molar-refractivity contribution in [3.05, 3.63) is 63.9 Å². The summed E-state index contributed by atoms with van der Waals surface area (Å²) in [6.07, 6.45) is 1.72. The molecule has 1 fully saturated rings. The summed E-state index contributed by atoms with van der Waals surface area (Å²) in [4.78, 5) is 18.2. The van der Waals surface area contributed by atoms with Crippen molar-refractivity contribution in [2.45, 2.75) is 11.9 Å². The van der Waals surface area contributed by atoms with Crippen LogP contribution in [0.1, 0.15) is 16.6 Å². The van der Waals surface area contributed by atoms with Gasteiger partial charge in [0.1, 0.15) is 5.37 Å². The highest BCUT2D eigenvalue weighted by atomic mass is 35.5. The summed E-state index contributed by atoms with van der Waals surface area (Å²) in [6.45, 7) is 0.457. The average molecular weight is 339 g/mol. The van der Waals surface area contributed by atoms with Gasteiger partial charge >= 0.3 is 0 Å². The fourth-order valence-corrected chi connectivity index (χ4v) is 4.27. The zero-order chi connectivity index (χ0) is 14.8.